The molecule has 0 saturated heterocycles. The number of hydrogen-bond acceptors (Lipinski definition) is 5. The summed E-state index contributed by atoms with van der Waals surface area (Å²) in [5.41, 5.74) is 0.118. The molecule has 9 heteroatoms. The molecule has 0 aliphatic carbocycles. The maximum absolute atomic E-state index is 12.6. The third-order valence-electron chi connectivity index (χ3n) is 2.79. The lowest BCUT2D eigenvalue weighted by molar-refractivity contribution is -0.137. The Morgan fingerprint density at radius 3 is 2.62 bits per heavy atom. The van der Waals surface area contributed by atoms with Crippen LogP contribution in [-0.4, -0.2) is 30.8 Å². The molecule has 0 bridgehead atoms. The lowest BCUT2D eigenvalue weighted by Gasteiger charge is -2.08. The largest absolute Gasteiger partial charge is 0.417 e. The van der Waals surface area contributed by atoms with Gasteiger partial charge in [0.05, 0.1) is 17.0 Å². The summed E-state index contributed by atoms with van der Waals surface area (Å²) in [4.78, 5) is 12.1. The third kappa shape index (κ3) is 2.56. The summed E-state index contributed by atoms with van der Waals surface area (Å²) >= 11 is 1.40. The van der Waals surface area contributed by atoms with Crippen molar-refractivity contribution in [3.05, 3.63) is 36.3 Å². The molecule has 3 aromatic rings. The van der Waals surface area contributed by atoms with Gasteiger partial charge in [-0.1, -0.05) is 0 Å². The predicted octanol–water partition coefficient (Wildman–Crippen LogP) is 2.93. The van der Waals surface area contributed by atoms with Crippen LogP contribution in [0.5, 0.6) is 0 Å². The van der Waals surface area contributed by atoms with Crippen molar-refractivity contribution in [1.29, 1.82) is 0 Å². The number of fused-ring (bicyclic) bond motifs is 1. The Morgan fingerprint density at radius 1 is 1.19 bits per heavy atom. The van der Waals surface area contributed by atoms with Crippen LogP contribution in [0.3, 0.4) is 0 Å². The molecule has 3 aromatic heterocycles. The highest BCUT2D eigenvalue weighted by atomic mass is 32.2. The summed E-state index contributed by atoms with van der Waals surface area (Å²) in [6.07, 6.45) is -0.423. The van der Waals surface area contributed by atoms with Crippen LogP contribution in [0, 0.1) is 0 Å². The molecular weight excluding hydrogens is 303 g/mol. The summed E-state index contributed by atoms with van der Waals surface area (Å²) in [7, 11) is 0. The van der Waals surface area contributed by atoms with Crippen LogP contribution >= 0.6 is 11.8 Å². The number of aromatic nitrogens is 5. The molecule has 21 heavy (non-hydrogen) atoms. The van der Waals surface area contributed by atoms with E-state index in [1.165, 1.54) is 28.7 Å². The van der Waals surface area contributed by atoms with Crippen LogP contribution in [0.1, 0.15) is 5.56 Å². The molecule has 3 rings (SSSR count). The Labute approximate surface area is 121 Å². The molecule has 0 atom stereocenters. The van der Waals surface area contributed by atoms with E-state index in [4.69, 9.17) is 0 Å². The SMILES string of the molecule is CSc1cc(-c2ccc(C(F)(F)F)cn2)n2ncnc2n1. The molecule has 0 aliphatic rings. The van der Waals surface area contributed by atoms with E-state index in [1.54, 1.807) is 6.07 Å². The minimum atomic E-state index is -4.41. The minimum Gasteiger partial charge on any atom is -0.254 e. The first kappa shape index (κ1) is 13.8. The highest BCUT2D eigenvalue weighted by Crippen LogP contribution is 2.30. The van der Waals surface area contributed by atoms with E-state index in [0.29, 0.717) is 22.2 Å². The van der Waals surface area contributed by atoms with Crippen molar-refractivity contribution in [2.75, 3.05) is 6.26 Å². The van der Waals surface area contributed by atoms with Crippen molar-refractivity contribution >= 4 is 17.5 Å². The maximum Gasteiger partial charge on any atom is 0.417 e. The summed E-state index contributed by atoms with van der Waals surface area (Å²) in [5, 5.41) is 4.70. The van der Waals surface area contributed by atoms with Gasteiger partial charge in [-0.05, 0) is 24.5 Å². The second-order valence-electron chi connectivity index (χ2n) is 4.09. The quantitative estimate of drug-likeness (QED) is 0.538. The van der Waals surface area contributed by atoms with Gasteiger partial charge < -0.3 is 0 Å². The molecular formula is C12H8F3N5S. The Hall–Kier alpha value is -2.16. The first-order chi connectivity index (χ1) is 9.99. The van der Waals surface area contributed by atoms with E-state index in [2.05, 4.69) is 20.1 Å². The molecule has 0 spiro atoms. The molecule has 5 nitrogen and oxygen atoms in total. The van der Waals surface area contributed by atoms with Gasteiger partial charge in [0.1, 0.15) is 11.4 Å². The first-order valence-electron chi connectivity index (χ1n) is 5.77. The van der Waals surface area contributed by atoms with Crippen LogP contribution in [0.15, 0.2) is 35.7 Å². The Morgan fingerprint density at radius 2 is 2.00 bits per heavy atom. The van der Waals surface area contributed by atoms with E-state index in [9.17, 15) is 13.2 Å². The molecule has 0 fully saturated rings. The van der Waals surface area contributed by atoms with Crippen molar-refractivity contribution in [2.45, 2.75) is 11.2 Å². The molecule has 0 aliphatic heterocycles. The maximum atomic E-state index is 12.6. The number of pyridine rings is 1. The van der Waals surface area contributed by atoms with E-state index < -0.39 is 11.7 Å². The van der Waals surface area contributed by atoms with E-state index >= 15 is 0 Å². The van der Waals surface area contributed by atoms with E-state index in [0.717, 1.165) is 12.3 Å². The average Bonchev–Trinajstić information content (AvgIpc) is 2.93. The Kier molecular flexibility index (Phi) is 3.28. The second kappa shape index (κ2) is 4.99. The fraction of sp³-hybridized carbons (Fsp3) is 0.167. The molecule has 0 unspecified atom stereocenters. The van der Waals surface area contributed by atoms with E-state index in [-0.39, 0.29) is 0 Å². The van der Waals surface area contributed by atoms with Gasteiger partial charge in [-0.2, -0.15) is 27.8 Å². The smallest absolute Gasteiger partial charge is 0.254 e. The monoisotopic (exact) mass is 311 g/mol. The Balaban J connectivity index is 2.13. The van der Waals surface area contributed by atoms with Crippen LogP contribution in [0.25, 0.3) is 17.2 Å². The van der Waals surface area contributed by atoms with Crippen LogP contribution in [0.2, 0.25) is 0 Å². The number of alkyl halides is 3. The number of halogens is 3. The minimum absolute atomic E-state index is 0.371. The number of nitrogens with zero attached hydrogens (tertiary/aromatic N) is 5. The topological polar surface area (TPSA) is 56.0 Å². The molecule has 0 aromatic carbocycles. The van der Waals surface area contributed by atoms with Crippen molar-refractivity contribution in [3.63, 3.8) is 0 Å². The summed E-state index contributed by atoms with van der Waals surface area (Å²) in [6, 6.07) is 4.01. The zero-order chi connectivity index (χ0) is 15.0. The molecule has 0 amide bonds. The van der Waals surface area contributed by atoms with Crippen LogP contribution in [-0.2, 0) is 6.18 Å². The fourth-order valence-corrected chi connectivity index (χ4v) is 2.19. The molecule has 0 radical (unpaired) electrons. The van der Waals surface area contributed by atoms with E-state index in [1.807, 2.05) is 6.26 Å². The average molecular weight is 311 g/mol. The zero-order valence-electron chi connectivity index (χ0n) is 10.7. The van der Waals surface area contributed by atoms with Gasteiger partial charge >= 0.3 is 6.18 Å². The van der Waals surface area contributed by atoms with Gasteiger partial charge in [-0.3, -0.25) is 4.98 Å². The van der Waals surface area contributed by atoms with Crippen molar-refractivity contribution in [2.24, 2.45) is 0 Å². The van der Waals surface area contributed by atoms with Crippen molar-refractivity contribution in [1.82, 2.24) is 24.6 Å². The predicted molar refractivity (Wildman–Crippen MR) is 70.8 cm³/mol. The Bertz CT molecular complexity index is 782. The number of rotatable bonds is 2. The highest BCUT2D eigenvalue weighted by molar-refractivity contribution is 7.98. The normalized spacial score (nSPS) is 12.0. The zero-order valence-corrected chi connectivity index (χ0v) is 11.5. The van der Waals surface area contributed by atoms with Gasteiger partial charge in [-0.25, -0.2) is 4.98 Å². The molecule has 0 saturated carbocycles. The molecule has 0 N–H and O–H groups in total. The second-order valence-corrected chi connectivity index (χ2v) is 4.91. The third-order valence-corrected chi connectivity index (χ3v) is 3.42. The van der Waals surface area contributed by atoms with Gasteiger partial charge in [0.25, 0.3) is 5.78 Å². The standard InChI is InChI=1S/C12H8F3N5S/c1-21-10-4-9(20-11(19-10)17-6-18-20)8-3-2-7(5-16-8)12(13,14)15/h2-6H,1H3. The van der Waals surface area contributed by atoms with Gasteiger partial charge in [-0.15, -0.1) is 11.8 Å². The first-order valence-corrected chi connectivity index (χ1v) is 7.00. The summed E-state index contributed by atoms with van der Waals surface area (Å²) < 4.78 is 39.1. The van der Waals surface area contributed by atoms with Gasteiger partial charge in [0.2, 0.25) is 0 Å². The van der Waals surface area contributed by atoms with Gasteiger partial charge in [0.15, 0.2) is 0 Å². The summed E-state index contributed by atoms with van der Waals surface area (Å²) in [5.74, 6) is 0.374. The van der Waals surface area contributed by atoms with Gasteiger partial charge in [0, 0.05) is 6.20 Å². The fourth-order valence-electron chi connectivity index (χ4n) is 1.79. The van der Waals surface area contributed by atoms with Crippen molar-refractivity contribution < 1.29 is 13.2 Å². The number of thioether (sulfide) groups is 1. The summed E-state index contributed by atoms with van der Waals surface area (Å²) in [6.45, 7) is 0. The number of hydrogen-bond donors (Lipinski definition) is 0. The van der Waals surface area contributed by atoms with Crippen LogP contribution in [0.4, 0.5) is 13.2 Å². The lowest BCUT2D eigenvalue weighted by Crippen LogP contribution is -2.06. The van der Waals surface area contributed by atoms with Crippen LogP contribution < -0.4 is 0 Å². The molecule has 3 heterocycles. The van der Waals surface area contributed by atoms with Crippen molar-refractivity contribution in [3.8, 4) is 11.4 Å². The lowest BCUT2D eigenvalue weighted by atomic mass is 10.2. The highest BCUT2D eigenvalue weighted by Gasteiger charge is 2.30. The molecule has 108 valence electrons.